The monoisotopic (exact) mass is 221 g/mol. The van der Waals surface area contributed by atoms with Crippen LogP contribution >= 0.6 is 0 Å². The fourth-order valence-electron chi connectivity index (χ4n) is 1.87. The molecule has 0 unspecified atom stereocenters. The van der Waals surface area contributed by atoms with Gasteiger partial charge in [0, 0.05) is 12.2 Å². The molecule has 2 heteroatoms. The summed E-state index contributed by atoms with van der Waals surface area (Å²) in [4.78, 5) is 10.9. The summed E-state index contributed by atoms with van der Waals surface area (Å²) in [6.45, 7) is 7.63. The zero-order valence-electron chi connectivity index (χ0n) is 10.7. The summed E-state index contributed by atoms with van der Waals surface area (Å²) in [5.41, 5.74) is 2.14. The van der Waals surface area contributed by atoms with Gasteiger partial charge >= 0.3 is 0 Å². The van der Waals surface area contributed by atoms with E-state index in [1.807, 2.05) is 6.07 Å². The van der Waals surface area contributed by atoms with Gasteiger partial charge in [0.05, 0.1) is 5.69 Å². The largest absolute Gasteiger partial charge is 0.342 e. The molecule has 0 aromatic carbocycles. The minimum Gasteiger partial charge on any atom is -0.342 e. The highest BCUT2D eigenvalue weighted by Crippen LogP contribution is 2.14. The molecule has 1 rings (SSSR count). The molecule has 1 aromatic heterocycles. The maximum atomic E-state index is 10.9. The highest BCUT2D eigenvalue weighted by molar-refractivity contribution is 5.72. The van der Waals surface area contributed by atoms with E-state index >= 15 is 0 Å². The van der Waals surface area contributed by atoms with Crippen LogP contribution in [0, 0.1) is 5.92 Å². The molecule has 0 aliphatic carbocycles. The molecule has 0 saturated carbocycles. The lowest BCUT2D eigenvalue weighted by Crippen LogP contribution is -2.07. The molecular weight excluding hydrogens is 198 g/mol. The van der Waals surface area contributed by atoms with Gasteiger partial charge in [0.25, 0.3) is 0 Å². The lowest BCUT2D eigenvalue weighted by Gasteiger charge is -2.11. The number of rotatable bonds is 7. The fraction of sp³-hybridized carbons (Fsp3) is 0.643. The molecule has 0 saturated heterocycles. The van der Waals surface area contributed by atoms with Crippen molar-refractivity contribution in [3.8, 4) is 0 Å². The van der Waals surface area contributed by atoms with E-state index < -0.39 is 0 Å². The Kier molecular flexibility index (Phi) is 5.30. The third kappa shape index (κ3) is 3.51. The van der Waals surface area contributed by atoms with Crippen molar-refractivity contribution in [3.63, 3.8) is 0 Å². The van der Waals surface area contributed by atoms with Crippen molar-refractivity contribution < 1.29 is 4.79 Å². The average molecular weight is 221 g/mol. The summed E-state index contributed by atoms with van der Waals surface area (Å²) in [5.74, 6) is 0.717. The maximum Gasteiger partial charge on any atom is 0.166 e. The molecule has 0 bridgehead atoms. The standard InChI is InChI=1S/C14H23NO/c1-4-5-10-15-13(7-6-12(2)3)8-9-14(15)11-16/h8-9,11-12H,4-7,10H2,1-3H3. The van der Waals surface area contributed by atoms with Crippen LogP contribution in [0.2, 0.25) is 0 Å². The third-order valence-corrected chi connectivity index (χ3v) is 2.94. The Hall–Kier alpha value is -1.05. The van der Waals surface area contributed by atoms with Crippen LogP contribution in [-0.2, 0) is 13.0 Å². The van der Waals surface area contributed by atoms with E-state index in [1.165, 1.54) is 18.5 Å². The van der Waals surface area contributed by atoms with E-state index in [4.69, 9.17) is 0 Å². The lowest BCUT2D eigenvalue weighted by molar-refractivity contribution is 0.111. The second kappa shape index (κ2) is 6.51. The Morgan fingerprint density at radius 3 is 2.69 bits per heavy atom. The van der Waals surface area contributed by atoms with Gasteiger partial charge in [0.15, 0.2) is 6.29 Å². The molecule has 2 nitrogen and oxygen atoms in total. The normalized spacial score (nSPS) is 11.0. The first-order valence-corrected chi connectivity index (χ1v) is 6.32. The van der Waals surface area contributed by atoms with Crippen molar-refractivity contribution in [3.05, 3.63) is 23.5 Å². The molecule has 0 fully saturated rings. The number of carbonyl (C=O) groups excluding carboxylic acids is 1. The van der Waals surface area contributed by atoms with Crippen molar-refractivity contribution >= 4 is 6.29 Å². The number of aldehydes is 1. The van der Waals surface area contributed by atoms with Crippen molar-refractivity contribution in [2.24, 2.45) is 5.92 Å². The van der Waals surface area contributed by atoms with Gasteiger partial charge in [-0.3, -0.25) is 4.79 Å². The molecule has 16 heavy (non-hydrogen) atoms. The molecule has 0 spiro atoms. The van der Waals surface area contributed by atoms with Crippen LogP contribution in [0.1, 0.15) is 56.2 Å². The number of unbranched alkanes of at least 4 members (excludes halogenated alkanes) is 1. The average Bonchev–Trinajstić information content (AvgIpc) is 2.65. The number of aromatic nitrogens is 1. The van der Waals surface area contributed by atoms with Gasteiger partial charge < -0.3 is 4.57 Å². The van der Waals surface area contributed by atoms with Crippen molar-refractivity contribution in [2.45, 2.75) is 53.0 Å². The quantitative estimate of drug-likeness (QED) is 0.644. The second-order valence-corrected chi connectivity index (χ2v) is 4.81. The maximum absolute atomic E-state index is 10.9. The van der Waals surface area contributed by atoms with E-state index in [0.717, 1.165) is 31.4 Å². The molecule has 0 radical (unpaired) electrons. The highest BCUT2D eigenvalue weighted by atomic mass is 16.1. The smallest absolute Gasteiger partial charge is 0.166 e. The Bertz CT molecular complexity index is 325. The number of nitrogens with zero attached hydrogens (tertiary/aromatic N) is 1. The van der Waals surface area contributed by atoms with Crippen LogP contribution in [0.4, 0.5) is 0 Å². The minimum absolute atomic E-state index is 0.717. The predicted octanol–water partition coefficient (Wildman–Crippen LogP) is 3.69. The van der Waals surface area contributed by atoms with Gasteiger partial charge in [-0.15, -0.1) is 0 Å². The van der Waals surface area contributed by atoms with Crippen LogP contribution in [0.3, 0.4) is 0 Å². The summed E-state index contributed by atoms with van der Waals surface area (Å²) in [5, 5.41) is 0. The van der Waals surface area contributed by atoms with Crippen LogP contribution in [0.15, 0.2) is 12.1 Å². The van der Waals surface area contributed by atoms with Gasteiger partial charge in [0.2, 0.25) is 0 Å². The van der Waals surface area contributed by atoms with Crippen LogP contribution in [0.5, 0.6) is 0 Å². The van der Waals surface area contributed by atoms with Gasteiger partial charge in [-0.1, -0.05) is 27.2 Å². The van der Waals surface area contributed by atoms with E-state index in [1.54, 1.807) is 0 Å². The summed E-state index contributed by atoms with van der Waals surface area (Å²) in [6, 6.07) is 4.04. The van der Waals surface area contributed by atoms with E-state index in [2.05, 4.69) is 31.4 Å². The number of aryl methyl sites for hydroxylation is 1. The summed E-state index contributed by atoms with van der Waals surface area (Å²) >= 11 is 0. The first-order valence-electron chi connectivity index (χ1n) is 6.32. The van der Waals surface area contributed by atoms with Crippen molar-refractivity contribution in [1.29, 1.82) is 0 Å². The first-order chi connectivity index (χ1) is 7.69. The summed E-state index contributed by atoms with van der Waals surface area (Å²) in [6.07, 6.45) is 5.54. The molecule has 1 heterocycles. The van der Waals surface area contributed by atoms with Crippen LogP contribution in [-0.4, -0.2) is 10.9 Å². The first kappa shape index (κ1) is 13.0. The van der Waals surface area contributed by atoms with E-state index in [-0.39, 0.29) is 0 Å². The zero-order valence-corrected chi connectivity index (χ0v) is 10.7. The number of hydrogen-bond acceptors (Lipinski definition) is 1. The van der Waals surface area contributed by atoms with Gasteiger partial charge in [-0.25, -0.2) is 0 Å². The highest BCUT2D eigenvalue weighted by Gasteiger charge is 2.07. The SMILES string of the molecule is CCCCn1c(C=O)ccc1CCC(C)C. The van der Waals surface area contributed by atoms with Crippen molar-refractivity contribution in [2.75, 3.05) is 0 Å². The molecule has 0 N–H and O–H groups in total. The summed E-state index contributed by atoms with van der Waals surface area (Å²) < 4.78 is 2.18. The van der Waals surface area contributed by atoms with Gasteiger partial charge in [0.1, 0.15) is 0 Å². The molecule has 0 atom stereocenters. The molecular formula is C14H23NO. The Labute approximate surface area is 98.7 Å². The predicted molar refractivity (Wildman–Crippen MR) is 67.9 cm³/mol. The third-order valence-electron chi connectivity index (χ3n) is 2.94. The number of carbonyl (C=O) groups is 1. The minimum atomic E-state index is 0.717. The topological polar surface area (TPSA) is 22.0 Å². The molecule has 0 aliphatic rings. The zero-order chi connectivity index (χ0) is 12.0. The van der Waals surface area contributed by atoms with Crippen molar-refractivity contribution in [1.82, 2.24) is 4.57 Å². The lowest BCUT2D eigenvalue weighted by atomic mass is 10.1. The molecule has 90 valence electrons. The Balaban J connectivity index is 2.73. The van der Waals surface area contributed by atoms with Crippen LogP contribution in [0.25, 0.3) is 0 Å². The summed E-state index contributed by atoms with van der Waals surface area (Å²) in [7, 11) is 0. The Morgan fingerprint density at radius 1 is 1.38 bits per heavy atom. The molecule has 1 aromatic rings. The number of hydrogen-bond donors (Lipinski definition) is 0. The van der Waals surface area contributed by atoms with Gasteiger partial charge in [-0.05, 0) is 37.3 Å². The van der Waals surface area contributed by atoms with E-state index in [0.29, 0.717) is 5.92 Å². The molecule has 0 aliphatic heterocycles. The molecule has 0 amide bonds. The fourth-order valence-corrected chi connectivity index (χ4v) is 1.87. The second-order valence-electron chi connectivity index (χ2n) is 4.81. The van der Waals surface area contributed by atoms with Crippen LogP contribution < -0.4 is 0 Å². The Morgan fingerprint density at radius 2 is 2.12 bits per heavy atom. The van der Waals surface area contributed by atoms with Gasteiger partial charge in [-0.2, -0.15) is 0 Å². The van der Waals surface area contributed by atoms with E-state index in [9.17, 15) is 4.79 Å².